The molecule has 1 aliphatic rings. The summed E-state index contributed by atoms with van der Waals surface area (Å²) in [5, 5.41) is 1.11. The Morgan fingerprint density at radius 2 is 1.84 bits per heavy atom. The number of rotatable bonds is 1. The number of fused-ring (bicyclic) bond motifs is 1. The van der Waals surface area contributed by atoms with E-state index in [0.717, 1.165) is 34.2 Å². The Morgan fingerprint density at radius 3 is 2.58 bits per heavy atom. The van der Waals surface area contributed by atoms with E-state index in [1.807, 2.05) is 25.2 Å². The highest BCUT2D eigenvalue weighted by Gasteiger charge is 2.16. The molecule has 0 spiro atoms. The Labute approximate surface area is 121 Å². The van der Waals surface area contributed by atoms with E-state index in [0.29, 0.717) is 0 Å². The third-order valence-electron chi connectivity index (χ3n) is 3.86. The summed E-state index contributed by atoms with van der Waals surface area (Å²) in [4.78, 5) is 14.7. The van der Waals surface area contributed by atoms with Gasteiger partial charge in [0.25, 0.3) is 5.56 Å². The van der Waals surface area contributed by atoms with Crippen molar-refractivity contribution in [2.24, 2.45) is 7.05 Å². The quantitative estimate of drug-likeness (QED) is 0.805. The molecule has 1 fully saturated rings. The van der Waals surface area contributed by atoms with Gasteiger partial charge in [-0.3, -0.25) is 4.79 Å². The van der Waals surface area contributed by atoms with E-state index >= 15 is 0 Å². The smallest absolute Gasteiger partial charge is 0.274 e. The van der Waals surface area contributed by atoms with Crippen LogP contribution in [0.2, 0.25) is 0 Å². The lowest BCUT2D eigenvalue weighted by Gasteiger charge is -2.28. The summed E-state index contributed by atoms with van der Waals surface area (Å²) in [7, 11) is 1.85. The molecule has 0 unspecified atom stereocenters. The van der Waals surface area contributed by atoms with Crippen molar-refractivity contribution in [3.8, 4) is 0 Å². The minimum Gasteiger partial charge on any atom is -0.367 e. The molecule has 3 nitrogen and oxygen atoms in total. The van der Waals surface area contributed by atoms with E-state index in [9.17, 15) is 4.79 Å². The van der Waals surface area contributed by atoms with E-state index in [2.05, 4.69) is 26.9 Å². The SMILES string of the molecule is Cn1c(=O)c(N2CCCCC2)cc2cc(Br)ccc21. The summed E-state index contributed by atoms with van der Waals surface area (Å²) < 4.78 is 2.80. The molecule has 1 aromatic carbocycles. The number of piperidine rings is 1. The van der Waals surface area contributed by atoms with Crippen molar-refractivity contribution in [2.75, 3.05) is 18.0 Å². The van der Waals surface area contributed by atoms with E-state index in [-0.39, 0.29) is 5.56 Å². The zero-order chi connectivity index (χ0) is 13.4. The molecule has 1 saturated heterocycles. The molecule has 0 saturated carbocycles. The summed E-state index contributed by atoms with van der Waals surface area (Å²) >= 11 is 3.50. The second-order valence-corrected chi connectivity index (χ2v) is 6.06. The van der Waals surface area contributed by atoms with Gasteiger partial charge in [-0.25, -0.2) is 0 Å². The maximum absolute atomic E-state index is 12.5. The van der Waals surface area contributed by atoms with Crippen molar-refractivity contribution >= 4 is 32.5 Å². The lowest BCUT2D eigenvalue weighted by atomic mass is 10.1. The van der Waals surface area contributed by atoms with Crippen LogP contribution in [0.4, 0.5) is 5.69 Å². The number of hydrogen-bond acceptors (Lipinski definition) is 2. The molecule has 0 bridgehead atoms. The number of hydrogen-bond donors (Lipinski definition) is 0. The number of pyridine rings is 1. The molecule has 2 aromatic rings. The molecular formula is C15H17BrN2O. The standard InChI is InChI=1S/C15H17BrN2O/c1-17-13-6-5-12(16)9-11(13)10-14(15(17)19)18-7-3-2-4-8-18/h5-6,9-10H,2-4,7-8H2,1H3. The first-order chi connectivity index (χ1) is 9.16. The van der Waals surface area contributed by atoms with Crippen LogP contribution in [-0.2, 0) is 7.05 Å². The Bertz CT molecular complexity index is 672. The Balaban J connectivity index is 2.19. The minimum absolute atomic E-state index is 0.108. The van der Waals surface area contributed by atoms with Crippen molar-refractivity contribution < 1.29 is 0 Å². The number of anilines is 1. The van der Waals surface area contributed by atoms with Crippen LogP contribution in [0.3, 0.4) is 0 Å². The lowest BCUT2D eigenvalue weighted by Crippen LogP contribution is -2.35. The maximum Gasteiger partial charge on any atom is 0.274 e. The van der Waals surface area contributed by atoms with Gasteiger partial charge in [-0.05, 0) is 43.5 Å². The van der Waals surface area contributed by atoms with Crippen molar-refractivity contribution in [2.45, 2.75) is 19.3 Å². The largest absolute Gasteiger partial charge is 0.367 e. The molecule has 19 heavy (non-hydrogen) atoms. The maximum atomic E-state index is 12.5. The Kier molecular flexibility index (Phi) is 3.35. The average Bonchev–Trinajstić information content (AvgIpc) is 2.43. The average molecular weight is 321 g/mol. The van der Waals surface area contributed by atoms with Gasteiger partial charge in [-0.1, -0.05) is 15.9 Å². The molecule has 0 atom stereocenters. The predicted octanol–water partition coefficient (Wildman–Crippen LogP) is 3.29. The van der Waals surface area contributed by atoms with Crippen LogP contribution in [0, 0.1) is 0 Å². The number of benzene rings is 1. The first-order valence-corrected chi connectivity index (χ1v) is 7.50. The molecule has 2 heterocycles. The first-order valence-electron chi connectivity index (χ1n) is 6.71. The van der Waals surface area contributed by atoms with Crippen LogP contribution >= 0.6 is 15.9 Å². The molecule has 100 valence electrons. The zero-order valence-corrected chi connectivity index (χ0v) is 12.6. The van der Waals surface area contributed by atoms with Gasteiger partial charge in [0.1, 0.15) is 5.69 Å². The van der Waals surface area contributed by atoms with Gasteiger partial charge < -0.3 is 9.47 Å². The zero-order valence-electron chi connectivity index (χ0n) is 11.0. The molecular weight excluding hydrogens is 304 g/mol. The third-order valence-corrected chi connectivity index (χ3v) is 4.36. The van der Waals surface area contributed by atoms with Crippen LogP contribution in [0.5, 0.6) is 0 Å². The fourth-order valence-electron chi connectivity index (χ4n) is 2.80. The number of halogens is 1. The van der Waals surface area contributed by atoms with Crippen LogP contribution in [0.1, 0.15) is 19.3 Å². The van der Waals surface area contributed by atoms with Gasteiger partial charge in [0, 0.05) is 30.0 Å². The van der Waals surface area contributed by atoms with Crippen LogP contribution in [0.25, 0.3) is 10.9 Å². The summed E-state index contributed by atoms with van der Waals surface area (Å²) in [5.74, 6) is 0. The van der Waals surface area contributed by atoms with E-state index < -0.39 is 0 Å². The highest BCUT2D eigenvalue weighted by atomic mass is 79.9. The number of aromatic nitrogens is 1. The van der Waals surface area contributed by atoms with E-state index in [4.69, 9.17) is 0 Å². The lowest BCUT2D eigenvalue weighted by molar-refractivity contribution is 0.575. The normalized spacial score (nSPS) is 16.0. The van der Waals surface area contributed by atoms with Crippen LogP contribution < -0.4 is 10.5 Å². The van der Waals surface area contributed by atoms with Gasteiger partial charge >= 0.3 is 0 Å². The van der Waals surface area contributed by atoms with Gasteiger partial charge in [0.15, 0.2) is 0 Å². The van der Waals surface area contributed by atoms with Crippen LogP contribution in [0.15, 0.2) is 33.5 Å². The van der Waals surface area contributed by atoms with Crippen molar-refractivity contribution in [3.05, 3.63) is 39.1 Å². The molecule has 1 aliphatic heterocycles. The van der Waals surface area contributed by atoms with Gasteiger partial charge in [0.05, 0.1) is 5.52 Å². The van der Waals surface area contributed by atoms with E-state index in [1.165, 1.54) is 19.3 Å². The highest BCUT2D eigenvalue weighted by molar-refractivity contribution is 9.10. The van der Waals surface area contributed by atoms with Crippen molar-refractivity contribution in [1.29, 1.82) is 0 Å². The molecule has 1 aromatic heterocycles. The van der Waals surface area contributed by atoms with Gasteiger partial charge in [0.2, 0.25) is 0 Å². The summed E-state index contributed by atoms with van der Waals surface area (Å²) in [6.45, 7) is 1.99. The monoisotopic (exact) mass is 320 g/mol. The molecule has 4 heteroatoms. The minimum atomic E-state index is 0.108. The molecule has 0 radical (unpaired) electrons. The third kappa shape index (κ3) is 2.29. The summed E-state index contributed by atoms with van der Waals surface area (Å²) in [5.41, 5.74) is 1.93. The molecule has 0 aliphatic carbocycles. The topological polar surface area (TPSA) is 25.2 Å². The highest BCUT2D eigenvalue weighted by Crippen LogP contribution is 2.23. The van der Waals surface area contributed by atoms with E-state index in [1.54, 1.807) is 4.57 Å². The molecule has 0 N–H and O–H groups in total. The second-order valence-electron chi connectivity index (χ2n) is 5.14. The Hall–Kier alpha value is -1.29. The fourth-order valence-corrected chi connectivity index (χ4v) is 3.18. The van der Waals surface area contributed by atoms with Gasteiger partial charge in [-0.2, -0.15) is 0 Å². The molecule has 3 rings (SSSR count). The van der Waals surface area contributed by atoms with Gasteiger partial charge in [-0.15, -0.1) is 0 Å². The fraction of sp³-hybridized carbons (Fsp3) is 0.400. The van der Waals surface area contributed by atoms with Crippen molar-refractivity contribution in [3.63, 3.8) is 0 Å². The predicted molar refractivity (Wildman–Crippen MR) is 83.0 cm³/mol. The summed E-state index contributed by atoms with van der Waals surface area (Å²) in [6, 6.07) is 8.07. The first kappa shape index (κ1) is 12.7. The second kappa shape index (κ2) is 5.00. The summed E-state index contributed by atoms with van der Waals surface area (Å²) in [6.07, 6.45) is 3.63. The number of aryl methyl sites for hydroxylation is 1. The Morgan fingerprint density at radius 1 is 1.11 bits per heavy atom. The number of nitrogens with zero attached hydrogens (tertiary/aromatic N) is 2. The molecule has 0 amide bonds. The van der Waals surface area contributed by atoms with Crippen LogP contribution in [-0.4, -0.2) is 17.7 Å². The van der Waals surface area contributed by atoms with Crippen molar-refractivity contribution in [1.82, 2.24) is 4.57 Å².